The van der Waals surface area contributed by atoms with E-state index in [4.69, 9.17) is 9.15 Å². The summed E-state index contributed by atoms with van der Waals surface area (Å²) in [7, 11) is 0. The summed E-state index contributed by atoms with van der Waals surface area (Å²) in [6, 6.07) is 3.35. The number of esters is 1. The van der Waals surface area contributed by atoms with Crippen molar-refractivity contribution in [2.24, 2.45) is 11.8 Å². The van der Waals surface area contributed by atoms with Crippen LogP contribution >= 0.6 is 0 Å². The minimum absolute atomic E-state index is 0. The molecule has 190 valence electrons. The second-order valence-electron chi connectivity index (χ2n) is 10.00. The number of furan rings is 1. The lowest BCUT2D eigenvalue weighted by Crippen LogP contribution is -3.00. The molecule has 1 saturated carbocycles. The van der Waals surface area contributed by atoms with E-state index in [0.29, 0.717) is 11.0 Å². The molecule has 1 unspecified atom stereocenters. The number of fused-ring (bicyclic) bond motifs is 3. The maximum absolute atomic E-state index is 13.5. The largest absolute Gasteiger partial charge is 1.00 e. The van der Waals surface area contributed by atoms with Crippen LogP contribution in [0.2, 0.25) is 0 Å². The van der Waals surface area contributed by atoms with Crippen LogP contribution in [0.15, 0.2) is 35.5 Å². The lowest BCUT2D eigenvalue weighted by Gasteiger charge is -2.51. The number of carbonyl (C=O) groups excluding carboxylic acids is 2. The highest BCUT2D eigenvalue weighted by Gasteiger charge is 2.54. The average molecular weight is 550 g/mol. The van der Waals surface area contributed by atoms with E-state index in [1.807, 2.05) is 0 Å². The number of halogens is 1. The van der Waals surface area contributed by atoms with Crippen molar-refractivity contribution in [2.45, 2.75) is 56.7 Å². The van der Waals surface area contributed by atoms with Crippen LogP contribution in [0.25, 0.3) is 0 Å². The van der Waals surface area contributed by atoms with Gasteiger partial charge in [-0.15, -0.1) is 0 Å². The van der Waals surface area contributed by atoms with Crippen LogP contribution in [0.4, 0.5) is 5.95 Å². The summed E-state index contributed by atoms with van der Waals surface area (Å²) >= 11 is 0. The van der Waals surface area contributed by atoms with Crippen LogP contribution in [0.5, 0.6) is 0 Å². The number of amides is 1. The van der Waals surface area contributed by atoms with Crippen molar-refractivity contribution < 1.29 is 45.3 Å². The molecule has 11 heteroatoms. The van der Waals surface area contributed by atoms with Gasteiger partial charge in [0.1, 0.15) is 25.0 Å². The molecule has 4 fully saturated rings. The zero-order chi connectivity index (χ0) is 23.6. The van der Waals surface area contributed by atoms with E-state index in [0.717, 1.165) is 58.0 Å². The first-order valence-corrected chi connectivity index (χ1v) is 12.2. The molecule has 1 amide bonds. The second-order valence-corrected chi connectivity index (χ2v) is 10.00. The normalized spacial score (nSPS) is 27.9. The molecular formula is C24H32BrN5O5. The predicted molar refractivity (Wildman–Crippen MR) is 120 cm³/mol. The lowest BCUT2D eigenvalue weighted by molar-refractivity contribution is -0.939. The fourth-order valence-corrected chi connectivity index (χ4v) is 6.06. The van der Waals surface area contributed by atoms with E-state index < -0.39 is 11.6 Å². The number of nitrogens with zero attached hydrogens (tertiary/aromatic N) is 4. The minimum Gasteiger partial charge on any atom is -1.00 e. The van der Waals surface area contributed by atoms with Crippen LogP contribution in [0, 0.1) is 11.8 Å². The Morgan fingerprint density at radius 1 is 1.14 bits per heavy atom. The first-order chi connectivity index (χ1) is 16.5. The van der Waals surface area contributed by atoms with Gasteiger partial charge in [-0.3, -0.25) is 10.1 Å². The number of anilines is 1. The molecule has 0 radical (unpaired) electrons. The summed E-state index contributed by atoms with van der Waals surface area (Å²) in [6.45, 7) is 2.53. The predicted octanol–water partition coefficient (Wildman–Crippen LogP) is -0.973. The quantitative estimate of drug-likeness (QED) is 0.333. The molecule has 6 rings (SSSR count). The van der Waals surface area contributed by atoms with E-state index in [9.17, 15) is 14.7 Å². The van der Waals surface area contributed by atoms with Crippen molar-refractivity contribution in [3.63, 3.8) is 0 Å². The molecule has 0 spiro atoms. The van der Waals surface area contributed by atoms with Crippen molar-refractivity contribution in [2.75, 3.05) is 31.5 Å². The first-order valence-electron chi connectivity index (χ1n) is 12.2. The zero-order valence-electron chi connectivity index (χ0n) is 19.6. The van der Waals surface area contributed by atoms with Crippen molar-refractivity contribution in [3.8, 4) is 0 Å². The molecule has 5 heterocycles. The van der Waals surface area contributed by atoms with Gasteiger partial charge in [0.15, 0.2) is 12.6 Å². The number of hydrogen-bond donors (Lipinski definition) is 2. The van der Waals surface area contributed by atoms with Gasteiger partial charge < -0.3 is 35.7 Å². The standard InChI is InChI=1S/C24H31N5O5.BrH/c30-21(28-23-26-15-25-16-27-23)14-29-10-8-17(9-11-29)19(13-29)34-22(31)24(32,20-7-4-12-33-20)18-5-2-1-3-6-18;/h4,7,12,15-19,32H,1-3,5-6,8-11,13-14H2;1H/t17?,19-,24?,29?;/m0./s1. The van der Waals surface area contributed by atoms with E-state index >= 15 is 0 Å². The SMILES string of the molecule is O=C(C[N+]12CCC(CC1)[C@@H](OC(=O)C(O)(c1ccco1)C1CCCCC1)C2)Nc1ncncn1.[Br-]. The number of nitrogens with one attached hydrogen (secondary N) is 1. The average Bonchev–Trinajstić information content (AvgIpc) is 3.40. The smallest absolute Gasteiger partial charge is 0.346 e. The Balaban J connectivity index is 0.00000289. The van der Waals surface area contributed by atoms with Gasteiger partial charge >= 0.3 is 5.97 Å². The molecule has 2 atom stereocenters. The summed E-state index contributed by atoms with van der Waals surface area (Å²) in [6.07, 6.45) is 10.1. The highest BCUT2D eigenvalue weighted by Crippen LogP contribution is 2.42. The molecule has 2 bridgehead atoms. The fraction of sp³-hybridized carbons (Fsp3) is 0.625. The molecule has 10 nitrogen and oxygen atoms in total. The van der Waals surface area contributed by atoms with Gasteiger partial charge in [-0.2, -0.15) is 0 Å². The van der Waals surface area contributed by atoms with Crippen LogP contribution in [0.3, 0.4) is 0 Å². The minimum atomic E-state index is -1.78. The molecule has 2 aromatic rings. The third-order valence-corrected chi connectivity index (χ3v) is 7.93. The Bertz CT molecular complexity index is 993. The highest BCUT2D eigenvalue weighted by molar-refractivity contribution is 5.89. The van der Waals surface area contributed by atoms with Crippen molar-refractivity contribution >= 4 is 17.8 Å². The van der Waals surface area contributed by atoms with Gasteiger partial charge in [-0.05, 0) is 25.0 Å². The number of hydrogen-bond acceptors (Lipinski definition) is 8. The molecule has 1 aliphatic carbocycles. The van der Waals surface area contributed by atoms with E-state index in [1.165, 1.54) is 18.9 Å². The summed E-state index contributed by atoms with van der Waals surface area (Å²) in [5.41, 5.74) is -1.78. The second kappa shape index (κ2) is 10.7. The van der Waals surface area contributed by atoms with E-state index in [2.05, 4.69) is 20.3 Å². The van der Waals surface area contributed by atoms with Crippen LogP contribution in [0.1, 0.15) is 50.7 Å². The lowest BCUT2D eigenvalue weighted by atomic mass is 9.75. The van der Waals surface area contributed by atoms with Gasteiger partial charge in [0, 0.05) is 24.7 Å². The molecule has 3 aliphatic heterocycles. The summed E-state index contributed by atoms with van der Waals surface area (Å²) in [5.74, 6) is -0.305. The number of carbonyl (C=O) groups is 2. The Kier molecular flexibility index (Phi) is 7.87. The Labute approximate surface area is 214 Å². The molecule has 0 aromatic carbocycles. The van der Waals surface area contributed by atoms with Gasteiger partial charge in [-0.25, -0.2) is 19.7 Å². The van der Waals surface area contributed by atoms with E-state index in [1.54, 1.807) is 12.1 Å². The maximum atomic E-state index is 13.5. The molecule has 2 N–H and O–H groups in total. The molecule has 3 saturated heterocycles. The maximum Gasteiger partial charge on any atom is 0.346 e. The van der Waals surface area contributed by atoms with Crippen LogP contribution in [-0.2, 0) is 19.9 Å². The van der Waals surface area contributed by atoms with Crippen molar-refractivity contribution in [3.05, 3.63) is 36.8 Å². The van der Waals surface area contributed by atoms with E-state index in [-0.39, 0.29) is 59.1 Å². The highest BCUT2D eigenvalue weighted by atomic mass is 79.9. The van der Waals surface area contributed by atoms with Crippen molar-refractivity contribution in [1.29, 1.82) is 0 Å². The first kappa shape index (κ1) is 25.7. The Morgan fingerprint density at radius 3 is 2.51 bits per heavy atom. The number of aliphatic hydroxyl groups is 1. The van der Waals surface area contributed by atoms with Gasteiger partial charge in [0.25, 0.3) is 5.91 Å². The summed E-state index contributed by atoms with van der Waals surface area (Å²) in [5, 5.41) is 14.4. The molecule has 4 aliphatic rings. The van der Waals surface area contributed by atoms with Crippen LogP contribution in [-0.4, -0.2) is 68.7 Å². The van der Waals surface area contributed by atoms with Gasteiger partial charge in [0.2, 0.25) is 11.5 Å². The number of aromatic nitrogens is 3. The third-order valence-electron chi connectivity index (χ3n) is 7.93. The monoisotopic (exact) mass is 549 g/mol. The molecule has 35 heavy (non-hydrogen) atoms. The number of piperidine rings is 3. The summed E-state index contributed by atoms with van der Waals surface area (Å²) < 4.78 is 12.1. The van der Waals surface area contributed by atoms with Gasteiger partial charge in [-0.1, -0.05) is 19.3 Å². The molecular weight excluding hydrogens is 518 g/mol. The topological polar surface area (TPSA) is 127 Å². The fourth-order valence-electron chi connectivity index (χ4n) is 6.06. The Hall–Kier alpha value is -2.37. The number of quaternary nitrogens is 1. The number of rotatable bonds is 7. The van der Waals surface area contributed by atoms with Crippen LogP contribution < -0.4 is 22.3 Å². The molecule has 2 aromatic heterocycles. The Morgan fingerprint density at radius 2 is 1.86 bits per heavy atom. The zero-order valence-corrected chi connectivity index (χ0v) is 21.2. The third kappa shape index (κ3) is 5.26. The summed E-state index contributed by atoms with van der Waals surface area (Å²) in [4.78, 5) is 37.9. The number of ether oxygens (including phenoxy) is 1. The van der Waals surface area contributed by atoms with Gasteiger partial charge in [0.05, 0.1) is 19.4 Å². The van der Waals surface area contributed by atoms with Crippen molar-refractivity contribution in [1.82, 2.24) is 15.0 Å².